The smallest absolute Gasteiger partial charge is 0.416 e. The number of aliphatic carboxylic acids is 5. The lowest BCUT2D eigenvalue weighted by Crippen LogP contribution is -2.44. The maximum absolute atomic E-state index is 13.2. The van der Waals surface area contributed by atoms with Gasteiger partial charge in [0.05, 0.1) is 47.0 Å². The second-order valence-corrected chi connectivity index (χ2v) is 46.2. The molecule has 4 aliphatic rings. The van der Waals surface area contributed by atoms with Crippen LogP contribution in [0.1, 0.15) is 458 Å². The van der Waals surface area contributed by atoms with Gasteiger partial charge in [0, 0.05) is 24.1 Å². The van der Waals surface area contributed by atoms with Gasteiger partial charge in [0.1, 0.15) is 19.0 Å². The van der Waals surface area contributed by atoms with Crippen LogP contribution >= 0.6 is 31.9 Å². The van der Waals surface area contributed by atoms with Crippen LogP contribution in [0.3, 0.4) is 0 Å². The number of carboxylic acid groups (broad SMARTS) is 5. The molecule has 5 N–H and O–H groups in total. The molecule has 4 amide bonds. The number of ketones is 1. The standard InChI is InChI=1S/C22H33NO3.C18H32O2.C16H21NO3.C16H30O2.C16H28O2.C15H28O2.C12H24O2.C7H13BrO.C3H5Br/c1-4-5-6-10-13-19(14-17(2)3)21(24)23-20(16-26-22(23)25)15-18-11-8-7-9-12-18;1-6-9-10-13-18(11-7-2,12-8-3)16(17(19)20)14-15(4)5;1-12(2)8-9-15(18)17-14(11-20-16(17)19)10-13-6-4-3-5-7-13;2*1-4-5-6-9-16(10-7-8-11-16)14(15(17)18)12-13(2)3;1-5-7-8-10-13(9-6-2)14(15(16)17)11-12(3)4;1-4-5-6-7-8-11(12(13)14)9-10(2)3;1-2-3-4-5-7(9)6-8;1-2-3-4/h7-9,11-12,17,19-20H,4-6,10,13-16H2,1-3H3;7-8,15-16H,2-3,6,9-14H2,1,4-5H3,(H,19,20);3-7,12,14H,8-11H2,1-2H3;13-14H,4-12H2,1-3H3,(H,17,18);7-8,13-14H,4-6,9-12H2,1-3H3,(H,17,18);6,12-14H,2,5,7-11H2,1,3-4H3,(H,16,17);10-11H,4-9H2,1-3H3,(H,13,14);2-6H2,1H3;2H,1,3H2/t19-,20-;16-;3*14-;13-,14+;11-;;/m0000000../s1. The average molecular weight is 2180 g/mol. The normalized spacial score (nSPS) is 16.2. The van der Waals surface area contributed by atoms with Crippen LogP contribution in [0.25, 0.3) is 0 Å². The number of hydrogen-bond donors (Lipinski definition) is 5. The molecular formula is C125H214Br2N2O17. The van der Waals surface area contributed by atoms with Crippen LogP contribution in [-0.2, 0) is 60.7 Å². The molecule has 0 aromatic heterocycles. The first-order valence-corrected chi connectivity index (χ1v) is 59.6. The maximum Gasteiger partial charge on any atom is 0.416 e. The Labute approximate surface area is 907 Å². The van der Waals surface area contributed by atoms with Crippen molar-refractivity contribution in [1.82, 2.24) is 9.80 Å². The molecule has 3 fully saturated rings. The van der Waals surface area contributed by atoms with Gasteiger partial charge >= 0.3 is 42.0 Å². The summed E-state index contributed by atoms with van der Waals surface area (Å²) < 4.78 is 10.3. The van der Waals surface area contributed by atoms with E-state index in [1.165, 1.54) is 119 Å². The SMILES string of the molecule is C=CCBr.C=CCC(CC=C)(CCCCC)[C@@H](CC(C)C)C(=O)O.C=CC[C@@H](CCCCC)[C@@H](CC(C)C)C(=O)O.CC(C)CCC(=O)N1C(=O)OC[C@@H]1Cc1ccccc1.CCCCCC(=O)CBr.CCCCCC1([C@@H](CC(C)C)C(=O)O)CC=CC1.CCCCCC1([C@@H](CC(C)C)C(=O)O)CCCC1.CCCCCC[C@@H](CC(C)C)C(=O)N1C(=O)OC[C@@H]1Cc1ccccc1.CCCCCC[C@@H](CC(C)C)C(=O)O. The lowest BCUT2D eigenvalue weighted by atomic mass is 9.65. The molecule has 146 heavy (non-hydrogen) atoms. The summed E-state index contributed by atoms with van der Waals surface area (Å²) in [5.41, 5.74) is 2.14. The van der Waals surface area contributed by atoms with Gasteiger partial charge < -0.3 is 35.0 Å². The summed E-state index contributed by atoms with van der Waals surface area (Å²) in [6.07, 6.45) is 60.6. The lowest BCUT2D eigenvalue weighted by molar-refractivity contribution is -0.149. The van der Waals surface area contributed by atoms with Gasteiger partial charge in [-0.3, -0.25) is 38.4 Å². The average Bonchev–Trinajstić information content (AvgIpc) is 1.58. The van der Waals surface area contributed by atoms with E-state index in [0.717, 1.165) is 203 Å². The number of imide groups is 2. The molecule has 840 valence electrons. The number of benzene rings is 2. The molecule has 2 aromatic carbocycles. The minimum atomic E-state index is -0.668. The highest BCUT2D eigenvalue weighted by molar-refractivity contribution is 9.09. The fourth-order valence-corrected chi connectivity index (χ4v) is 21.0. The highest BCUT2D eigenvalue weighted by Gasteiger charge is 2.47. The van der Waals surface area contributed by atoms with Crippen LogP contribution in [0.5, 0.6) is 0 Å². The number of rotatable bonds is 67. The van der Waals surface area contributed by atoms with E-state index in [2.05, 4.69) is 216 Å². The van der Waals surface area contributed by atoms with Gasteiger partial charge in [-0.05, 0) is 222 Å². The van der Waals surface area contributed by atoms with E-state index in [-0.39, 0.29) is 81.6 Å². The first kappa shape index (κ1) is 143. The summed E-state index contributed by atoms with van der Waals surface area (Å²) >= 11 is 6.25. The van der Waals surface area contributed by atoms with Crippen molar-refractivity contribution in [2.45, 2.75) is 472 Å². The minimum absolute atomic E-state index is 0.00523. The van der Waals surface area contributed by atoms with E-state index in [1.807, 2.05) is 78.9 Å². The second-order valence-electron chi connectivity index (χ2n) is 45.0. The zero-order chi connectivity index (χ0) is 111. The summed E-state index contributed by atoms with van der Waals surface area (Å²) in [5, 5.41) is 48.6. The number of unbranched alkanes of at least 4 members (excludes halogenated alkanes) is 16. The summed E-state index contributed by atoms with van der Waals surface area (Å²) in [7, 11) is 0. The molecule has 1 saturated carbocycles. The number of halogens is 2. The predicted molar refractivity (Wildman–Crippen MR) is 617 cm³/mol. The van der Waals surface area contributed by atoms with Gasteiger partial charge in [-0.2, -0.15) is 0 Å². The molecule has 9 atom stereocenters. The van der Waals surface area contributed by atoms with Crippen LogP contribution in [-0.4, -0.2) is 131 Å². The molecule has 19 nitrogen and oxygen atoms in total. The van der Waals surface area contributed by atoms with Crippen molar-refractivity contribution in [2.24, 2.45) is 99.1 Å². The van der Waals surface area contributed by atoms with Crippen molar-refractivity contribution in [1.29, 1.82) is 0 Å². The van der Waals surface area contributed by atoms with Crippen molar-refractivity contribution >= 4 is 91.5 Å². The van der Waals surface area contributed by atoms with Gasteiger partial charge in [-0.15, -0.1) is 26.3 Å². The molecule has 21 heteroatoms. The lowest BCUT2D eigenvalue weighted by Gasteiger charge is -2.39. The molecule has 2 aliphatic carbocycles. The van der Waals surface area contributed by atoms with E-state index in [0.29, 0.717) is 85.0 Å². The first-order valence-electron chi connectivity index (χ1n) is 57.3. The van der Waals surface area contributed by atoms with E-state index >= 15 is 0 Å². The second kappa shape index (κ2) is 87.6. The largest absolute Gasteiger partial charge is 0.481 e. The number of ether oxygens (including phenoxy) is 2. The Morgan fingerprint density at radius 1 is 0.418 bits per heavy atom. The Morgan fingerprint density at radius 3 is 1.20 bits per heavy atom. The molecule has 2 heterocycles. The molecular weight excluding hydrogens is 1960 g/mol. The van der Waals surface area contributed by atoms with Gasteiger partial charge in [0.25, 0.3) is 0 Å². The fourth-order valence-electron chi connectivity index (χ4n) is 20.7. The highest BCUT2D eigenvalue weighted by atomic mass is 79.9. The number of hydrogen-bond acceptors (Lipinski definition) is 12. The number of carboxylic acids is 5. The van der Waals surface area contributed by atoms with Crippen molar-refractivity contribution in [3.8, 4) is 0 Å². The third-order valence-electron chi connectivity index (χ3n) is 28.6. The fraction of sp³-hybridized carbons (Fsp3) is 0.744. The van der Waals surface area contributed by atoms with Crippen LogP contribution in [0.4, 0.5) is 9.59 Å². The molecule has 0 unspecified atom stereocenters. The predicted octanol–water partition coefficient (Wildman–Crippen LogP) is 35.5. The summed E-state index contributed by atoms with van der Waals surface area (Å²) in [6.45, 7) is 60.2. The number of allylic oxidation sites excluding steroid dienone is 6. The van der Waals surface area contributed by atoms with Crippen LogP contribution in [0.15, 0.2) is 123 Å². The van der Waals surface area contributed by atoms with Crippen LogP contribution < -0.4 is 0 Å². The Balaban J connectivity index is -0.00000161. The zero-order valence-corrected chi connectivity index (χ0v) is 99.2. The van der Waals surface area contributed by atoms with Crippen LogP contribution in [0.2, 0.25) is 0 Å². The van der Waals surface area contributed by atoms with Crippen LogP contribution in [0, 0.1) is 99.1 Å². The number of cyclic esters (lactones) is 2. The molecule has 2 saturated heterocycles. The van der Waals surface area contributed by atoms with Crippen molar-refractivity contribution in [3.05, 3.63) is 135 Å². The summed E-state index contributed by atoms with van der Waals surface area (Å²) in [6, 6.07) is 19.5. The molecule has 0 spiro atoms. The summed E-state index contributed by atoms with van der Waals surface area (Å²) in [5.74, 6) is -0.529. The Kier molecular flexibility index (Phi) is 85.8. The number of amides is 4. The maximum atomic E-state index is 13.2. The number of nitrogens with zero attached hydrogens (tertiary/aromatic N) is 2. The Hall–Kier alpha value is -7.00. The van der Waals surface area contributed by atoms with Crippen molar-refractivity contribution in [2.75, 3.05) is 23.9 Å². The molecule has 6 rings (SSSR count). The van der Waals surface area contributed by atoms with Gasteiger partial charge in [0.15, 0.2) is 0 Å². The summed E-state index contributed by atoms with van der Waals surface area (Å²) in [4.78, 5) is 120. The Bertz CT molecular complexity index is 3740. The van der Waals surface area contributed by atoms with E-state index in [1.54, 1.807) is 6.08 Å². The monoisotopic (exact) mass is 2170 g/mol. The highest BCUT2D eigenvalue weighted by Crippen LogP contribution is 2.52. The number of Topliss-reactive ketones (excluding diaryl/α,β-unsaturated/α-hetero) is 1. The molecule has 2 aromatic rings. The number of carbonyl (C=O) groups is 10. The molecule has 0 radical (unpaired) electrons. The van der Waals surface area contributed by atoms with E-state index in [4.69, 9.17) is 14.6 Å². The Morgan fingerprint density at radius 2 is 0.808 bits per heavy atom. The minimum Gasteiger partial charge on any atom is -0.481 e. The van der Waals surface area contributed by atoms with Crippen molar-refractivity contribution in [3.63, 3.8) is 0 Å². The first-order chi connectivity index (χ1) is 69.4. The van der Waals surface area contributed by atoms with Gasteiger partial charge in [0.2, 0.25) is 11.8 Å². The topological polar surface area (TPSA) is 297 Å². The number of carbonyl (C=O) groups excluding carboxylic acids is 5. The van der Waals surface area contributed by atoms with E-state index < -0.39 is 42.0 Å². The zero-order valence-electron chi connectivity index (χ0n) is 96.1. The quantitative estimate of drug-likeness (QED) is 0.0234. The third kappa shape index (κ3) is 64.6. The molecule has 2 aliphatic heterocycles. The van der Waals surface area contributed by atoms with Crippen molar-refractivity contribution < 1.29 is 83.0 Å². The van der Waals surface area contributed by atoms with Gasteiger partial charge in [-0.25, -0.2) is 19.4 Å². The van der Waals surface area contributed by atoms with Gasteiger partial charge in [-0.1, -0.05) is 428 Å². The number of alkyl halides is 2. The van der Waals surface area contributed by atoms with E-state index in [9.17, 15) is 68.4 Å². The third-order valence-corrected chi connectivity index (χ3v) is 29.7. The molecule has 0 bridgehead atoms.